The van der Waals surface area contributed by atoms with Gasteiger partial charge < -0.3 is 14.8 Å². The molecule has 9 heteroatoms. The largest absolute Gasteiger partial charge is 0.455 e. The lowest BCUT2D eigenvalue weighted by molar-refractivity contribution is -0.117. The second-order valence-corrected chi connectivity index (χ2v) is 11.9. The number of nitrogens with zero attached hydrogens (tertiary/aromatic N) is 1. The van der Waals surface area contributed by atoms with E-state index in [1.54, 1.807) is 71.9 Å². The Morgan fingerprint density at radius 3 is 2.30 bits per heavy atom. The fourth-order valence-electron chi connectivity index (χ4n) is 4.32. The summed E-state index contributed by atoms with van der Waals surface area (Å²) in [5.74, 6) is -2.73. The minimum absolute atomic E-state index is 0.0822. The number of nitrogens with one attached hydrogen (secondary N) is 1. The van der Waals surface area contributed by atoms with Crippen LogP contribution in [0.4, 0.5) is 14.9 Å². The number of amides is 1. The van der Waals surface area contributed by atoms with Crippen LogP contribution in [0, 0.1) is 5.82 Å². The third-order valence-electron chi connectivity index (χ3n) is 5.84. The zero-order valence-electron chi connectivity index (χ0n) is 23.8. The number of para-hydroxylation sites is 1. The summed E-state index contributed by atoms with van der Waals surface area (Å²) in [7, 11) is 0. The quantitative estimate of drug-likeness (QED) is 0.167. The van der Waals surface area contributed by atoms with Crippen molar-refractivity contribution in [1.29, 1.82) is 0 Å². The summed E-state index contributed by atoms with van der Waals surface area (Å²) in [4.78, 5) is 41.2. The fraction of sp³-hybridized carbons (Fsp3) is 0.387. The molecular formula is C31H36ClFN2O5. The molecule has 1 aromatic heterocycles. The van der Waals surface area contributed by atoms with Gasteiger partial charge in [0.15, 0.2) is 0 Å². The number of ether oxygens (including phenoxy) is 2. The molecule has 0 aliphatic heterocycles. The SMILES string of the molecule is C=CCCCC(C(=O)Nc1ccc(F)c(Cl)c1)c1c(C(=O)OC(C)(C)C)n(C(=O)OC(C)(C)C)c2ccccc12. The van der Waals surface area contributed by atoms with Crippen LogP contribution >= 0.6 is 11.6 Å². The molecule has 0 radical (unpaired) electrons. The Morgan fingerprint density at radius 1 is 1.05 bits per heavy atom. The summed E-state index contributed by atoms with van der Waals surface area (Å²) in [6.45, 7) is 14.1. The lowest BCUT2D eigenvalue weighted by atomic mass is 9.89. The van der Waals surface area contributed by atoms with Gasteiger partial charge in [-0.15, -0.1) is 6.58 Å². The molecule has 0 saturated carbocycles. The molecule has 3 aromatic rings. The molecule has 0 saturated heterocycles. The van der Waals surface area contributed by atoms with E-state index in [0.717, 1.165) is 6.07 Å². The smallest absolute Gasteiger partial charge is 0.419 e. The second kappa shape index (κ2) is 12.3. The van der Waals surface area contributed by atoms with Crippen LogP contribution in [0.1, 0.15) is 82.8 Å². The summed E-state index contributed by atoms with van der Waals surface area (Å²) < 4.78 is 26.4. The minimum atomic E-state index is -0.889. The number of anilines is 1. The normalized spacial score (nSPS) is 12.6. The number of hydrogen-bond donors (Lipinski definition) is 1. The van der Waals surface area contributed by atoms with Crippen LogP contribution < -0.4 is 5.32 Å². The van der Waals surface area contributed by atoms with Crippen molar-refractivity contribution in [2.45, 2.75) is 77.9 Å². The molecule has 1 unspecified atom stereocenters. The number of unbranched alkanes of at least 4 members (excludes halogenated alkanes) is 1. The number of esters is 1. The van der Waals surface area contributed by atoms with E-state index in [0.29, 0.717) is 41.4 Å². The Balaban J connectivity index is 2.28. The summed E-state index contributed by atoms with van der Waals surface area (Å²) in [6.07, 6.45) is 2.49. The molecule has 214 valence electrons. The van der Waals surface area contributed by atoms with Gasteiger partial charge in [0.05, 0.1) is 16.5 Å². The van der Waals surface area contributed by atoms with Crippen molar-refractivity contribution in [2.75, 3.05) is 5.32 Å². The van der Waals surface area contributed by atoms with Gasteiger partial charge in [-0.3, -0.25) is 4.79 Å². The molecule has 2 aromatic carbocycles. The van der Waals surface area contributed by atoms with Crippen molar-refractivity contribution in [2.24, 2.45) is 0 Å². The van der Waals surface area contributed by atoms with Gasteiger partial charge in [0.2, 0.25) is 5.91 Å². The van der Waals surface area contributed by atoms with E-state index in [-0.39, 0.29) is 10.7 Å². The summed E-state index contributed by atoms with van der Waals surface area (Å²) in [5, 5.41) is 3.19. The summed E-state index contributed by atoms with van der Waals surface area (Å²) in [5.41, 5.74) is -0.781. The van der Waals surface area contributed by atoms with Crippen LogP contribution in [0.2, 0.25) is 5.02 Å². The first-order valence-corrected chi connectivity index (χ1v) is 13.5. The van der Waals surface area contributed by atoms with Crippen molar-refractivity contribution in [3.05, 3.63) is 77.2 Å². The maximum atomic E-state index is 13.9. The summed E-state index contributed by atoms with van der Waals surface area (Å²) >= 11 is 5.94. The maximum absolute atomic E-state index is 13.9. The van der Waals surface area contributed by atoms with E-state index in [2.05, 4.69) is 11.9 Å². The number of aromatic nitrogens is 1. The van der Waals surface area contributed by atoms with Crippen molar-refractivity contribution in [3.8, 4) is 0 Å². The fourth-order valence-corrected chi connectivity index (χ4v) is 4.50. The lowest BCUT2D eigenvalue weighted by Crippen LogP contribution is -2.32. The van der Waals surface area contributed by atoms with E-state index in [4.69, 9.17) is 21.1 Å². The molecule has 0 aliphatic rings. The molecule has 0 fully saturated rings. The summed E-state index contributed by atoms with van der Waals surface area (Å²) in [6, 6.07) is 10.8. The molecule has 1 N–H and O–H groups in total. The monoisotopic (exact) mass is 570 g/mol. The van der Waals surface area contributed by atoms with E-state index < -0.39 is 40.9 Å². The topological polar surface area (TPSA) is 86.6 Å². The molecular weight excluding hydrogens is 535 g/mol. The first-order chi connectivity index (χ1) is 18.6. The zero-order valence-corrected chi connectivity index (χ0v) is 24.5. The number of carbonyl (C=O) groups is 3. The maximum Gasteiger partial charge on any atom is 0.419 e. The van der Waals surface area contributed by atoms with Gasteiger partial charge in [-0.25, -0.2) is 18.5 Å². The standard InChI is InChI=1S/C31H36ClFN2O5/c1-8-9-10-14-21(27(36)34-19-16-17-23(33)22(32)18-19)25-20-13-11-12-15-24(20)35(29(38)40-31(5,6)7)26(25)28(37)39-30(2,3)4/h8,11-13,15-18,21H,1,9-10,14H2,2-7H3,(H,34,36). The molecule has 7 nitrogen and oxygen atoms in total. The number of fused-ring (bicyclic) bond motifs is 1. The molecule has 40 heavy (non-hydrogen) atoms. The average molecular weight is 571 g/mol. The van der Waals surface area contributed by atoms with E-state index in [1.807, 2.05) is 0 Å². The first kappa shape index (κ1) is 30.9. The molecule has 1 amide bonds. The molecule has 0 bridgehead atoms. The van der Waals surface area contributed by atoms with Crippen molar-refractivity contribution in [3.63, 3.8) is 0 Å². The van der Waals surface area contributed by atoms with Crippen LogP contribution in [0.15, 0.2) is 55.1 Å². The third-order valence-corrected chi connectivity index (χ3v) is 6.12. The Bertz CT molecular complexity index is 1430. The van der Waals surface area contributed by atoms with Crippen molar-refractivity contribution >= 4 is 46.2 Å². The number of benzene rings is 2. The van der Waals surface area contributed by atoms with Gasteiger partial charge in [-0.05, 0) is 85.1 Å². The van der Waals surface area contributed by atoms with Gasteiger partial charge >= 0.3 is 12.1 Å². The third kappa shape index (κ3) is 7.50. The average Bonchev–Trinajstić information content (AvgIpc) is 3.17. The number of allylic oxidation sites excluding steroid dienone is 1. The lowest BCUT2D eigenvalue weighted by Gasteiger charge is -2.24. The van der Waals surface area contributed by atoms with Gasteiger partial charge in [-0.1, -0.05) is 35.9 Å². The highest BCUT2D eigenvalue weighted by Gasteiger charge is 2.37. The molecule has 0 aliphatic carbocycles. The van der Waals surface area contributed by atoms with Crippen molar-refractivity contribution in [1.82, 2.24) is 4.57 Å². The Hall–Kier alpha value is -3.65. The predicted octanol–water partition coefficient (Wildman–Crippen LogP) is 8.25. The van der Waals surface area contributed by atoms with Crippen LogP contribution in [0.3, 0.4) is 0 Å². The van der Waals surface area contributed by atoms with Crippen molar-refractivity contribution < 1.29 is 28.2 Å². The zero-order chi connectivity index (χ0) is 29.8. The van der Waals surface area contributed by atoms with Crippen LogP contribution in [-0.4, -0.2) is 33.7 Å². The number of rotatable bonds is 8. The number of carbonyl (C=O) groups excluding carboxylic acids is 3. The highest BCUT2D eigenvalue weighted by Crippen LogP contribution is 2.37. The van der Waals surface area contributed by atoms with Gasteiger partial charge in [0, 0.05) is 16.6 Å². The molecule has 3 rings (SSSR count). The Kier molecular flexibility index (Phi) is 9.46. The van der Waals surface area contributed by atoms with E-state index in [9.17, 15) is 18.8 Å². The number of hydrogen-bond acceptors (Lipinski definition) is 5. The van der Waals surface area contributed by atoms with Crippen LogP contribution in [0.5, 0.6) is 0 Å². The highest BCUT2D eigenvalue weighted by molar-refractivity contribution is 6.31. The first-order valence-electron chi connectivity index (χ1n) is 13.1. The highest BCUT2D eigenvalue weighted by atomic mass is 35.5. The second-order valence-electron chi connectivity index (χ2n) is 11.5. The van der Waals surface area contributed by atoms with E-state index in [1.165, 1.54) is 16.7 Å². The van der Waals surface area contributed by atoms with Crippen LogP contribution in [0.25, 0.3) is 10.9 Å². The van der Waals surface area contributed by atoms with Crippen LogP contribution in [-0.2, 0) is 14.3 Å². The predicted molar refractivity (Wildman–Crippen MR) is 156 cm³/mol. The molecule has 1 atom stereocenters. The number of halogens is 2. The van der Waals surface area contributed by atoms with E-state index >= 15 is 0 Å². The molecule has 0 spiro atoms. The van der Waals surface area contributed by atoms with Gasteiger partial charge in [-0.2, -0.15) is 0 Å². The molecule has 1 heterocycles. The minimum Gasteiger partial charge on any atom is -0.455 e. The Morgan fingerprint density at radius 2 is 1.70 bits per heavy atom. The van der Waals surface area contributed by atoms with Gasteiger partial charge in [0.25, 0.3) is 0 Å². The van der Waals surface area contributed by atoms with Gasteiger partial charge in [0.1, 0.15) is 22.7 Å². The Labute approximate surface area is 239 Å².